The van der Waals surface area contributed by atoms with E-state index in [1.807, 2.05) is 0 Å². The summed E-state index contributed by atoms with van der Waals surface area (Å²) >= 11 is 7.35. The molecule has 3 rings (SSSR count). The molecule has 0 atom stereocenters. The first-order valence-electron chi connectivity index (χ1n) is 6.70. The fourth-order valence-corrected chi connectivity index (χ4v) is 4.13. The Kier molecular flexibility index (Phi) is 4.70. The van der Waals surface area contributed by atoms with Crippen molar-refractivity contribution in [2.24, 2.45) is 0 Å². The number of benzene rings is 1. The van der Waals surface area contributed by atoms with Gasteiger partial charge in [-0.2, -0.15) is 0 Å². The molecule has 9 heteroatoms. The van der Waals surface area contributed by atoms with Gasteiger partial charge in [0, 0.05) is 23.0 Å². The first-order valence-corrected chi connectivity index (χ1v) is 9.44. The highest BCUT2D eigenvalue weighted by Crippen LogP contribution is 2.30. The molecule has 0 amide bonds. The predicted octanol–water partition coefficient (Wildman–Crippen LogP) is 3.67. The van der Waals surface area contributed by atoms with Crippen LogP contribution >= 0.6 is 22.9 Å². The number of halogens is 1. The smallest absolute Gasteiger partial charge is 0.265 e. The summed E-state index contributed by atoms with van der Waals surface area (Å²) in [4.78, 5) is 8.93. The van der Waals surface area contributed by atoms with E-state index in [2.05, 4.69) is 14.7 Å². The minimum Gasteiger partial charge on any atom is -0.495 e. The van der Waals surface area contributed by atoms with E-state index in [0.717, 1.165) is 10.4 Å². The lowest BCUT2D eigenvalue weighted by molar-refractivity contribution is 0.403. The number of hydrogen-bond donors (Lipinski definition) is 1. The fraction of sp³-hybridized carbons (Fsp3) is 0.0667. The molecule has 24 heavy (non-hydrogen) atoms. The lowest BCUT2D eigenvalue weighted by atomic mass is 10.2. The molecule has 2 heterocycles. The van der Waals surface area contributed by atoms with Crippen LogP contribution in [0.25, 0.3) is 10.4 Å². The second kappa shape index (κ2) is 6.76. The average molecular weight is 382 g/mol. The van der Waals surface area contributed by atoms with Gasteiger partial charge in [0.15, 0.2) is 0 Å². The number of thiazole rings is 1. The number of sulfonamides is 1. The van der Waals surface area contributed by atoms with E-state index in [1.165, 1.54) is 36.8 Å². The Bertz CT molecular complexity index is 960. The van der Waals surface area contributed by atoms with Crippen molar-refractivity contribution < 1.29 is 13.2 Å². The largest absolute Gasteiger partial charge is 0.495 e. The molecular weight excluding hydrogens is 370 g/mol. The van der Waals surface area contributed by atoms with Gasteiger partial charge in [0.2, 0.25) is 0 Å². The van der Waals surface area contributed by atoms with Crippen molar-refractivity contribution in [1.29, 1.82) is 0 Å². The molecule has 0 saturated heterocycles. The van der Waals surface area contributed by atoms with Gasteiger partial charge in [-0.1, -0.05) is 11.6 Å². The monoisotopic (exact) mass is 381 g/mol. The molecule has 0 radical (unpaired) electrons. The first-order chi connectivity index (χ1) is 11.5. The normalized spacial score (nSPS) is 11.2. The highest BCUT2D eigenvalue weighted by molar-refractivity contribution is 7.92. The standard InChI is InChI=1S/C15H12ClN3O3S2/c1-22-13-3-2-11(16)5-15(13)24(20,21)19-12-4-10(6-17-7-12)14-8-18-9-23-14/h2-9,19H,1H3. The number of methoxy groups -OCH3 is 1. The number of ether oxygens (including phenoxy) is 1. The van der Waals surface area contributed by atoms with Crippen LogP contribution in [-0.4, -0.2) is 25.5 Å². The molecule has 3 aromatic rings. The van der Waals surface area contributed by atoms with Gasteiger partial charge in [-0.15, -0.1) is 11.3 Å². The van der Waals surface area contributed by atoms with Crippen LogP contribution in [0.2, 0.25) is 5.02 Å². The Labute approximate surface area is 148 Å². The highest BCUT2D eigenvalue weighted by Gasteiger charge is 2.20. The second-order valence-electron chi connectivity index (χ2n) is 4.73. The van der Waals surface area contributed by atoms with E-state index in [4.69, 9.17) is 16.3 Å². The minimum atomic E-state index is -3.88. The Morgan fingerprint density at radius 2 is 2.00 bits per heavy atom. The van der Waals surface area contributed by atoms with Crippen molar-refractivity contribution >= 4 is 38.6 Å². The summed E-state index contributed by atoms with van der Waals surface area (Å²) in [6.07, 6.45) is 4.77. The summed E-state index contributed by atoms with van der Waals surface area (Å²) in [7, 11) is -2.48. The van der Waals surface area contributed by atoms with Crippen molar-refractivity contribution in [2.75, 3.05) is 11.8 Å². The summed E-state index contributed by atoms with van der Waals surface area (Å²) in [5, 5.41) is 0.299. The first kappa shape index (κ1) is 16.7. The van der Waals surface area contributed by atoms with Gasteiger partial charge in [0.1, 0.15) is 10.6 Å². The van der Waals surface area contributed by atoms with Crippen molar-refractivity contribution in [3.05, 3.63) is 53.4 Å². The van der Waals surface area contributed by atoms with Crippen LogP contribution in [0.1, 0.15) is 0 Å². The number of aromatic nitrogens is 2. The van der Waals surface area contributed by atoms with E-state index >= 15 is 0 Å². The van der Waals surface area contributed by atoms with E-state index in [-0.39, 0.29) is 10.6 Å². The van der Waals surface area contributed by atoms with Gasteiger partial charge in [-0.25, -0.2) is 8.42 Å². The van der Waals surface area contributed by atoms with Crippen LogP contribution in [0.5, 0.6) is 5.75 Å². The molecule has 0 fully saturated rings. The highest BCUT2D eigenvalue weighted by atomic mass is 35.5. The Morgan fingerprint density at radius 3 is 2.71 bits per heavy atom. The maximum atomic E-state index is 12.6. The quantitative estimate of drug-likeness (QED) is 0.729. The summed E-state index contributed by atoms with van der Waals surface area (Å²) in [6.45, 7) is 0. The van der Waals surface area contributed by atoms with E-state index in [9.17, 15) is 8.42 Å². The van der Waals surface area contributed by atoms with Gasteiger partial charge >= 0.3 is 0 Å². The van der Waals surface area contributed by atoms with Gasteiger partial charge < -0.3 is 4.74 Å². The van der Waals surface area contributed by atoms with E-state index < -0.39 is 10.0 Å². The number of pyridine rings is 1. The van der Waals surface area contributed by atoms with Gasteiger partial charge in [0.05, 0.1) is 29.4 Å². The van der Waals surface area contributed by atoms with E-state index in [1.54, 1.807) is 30.0 Å². The molecule has 0 saturated carbocycles. The number of anilines is 1. The third-order valence-electron chi connectivity index (χ3n) is 3.12. The topological polar surface area (TPSA) is 81.2 Å². The summed E-state index contributed by atoms with van der Waals surface area (Å²) < 4.78 is 32.9. The van der Waals surface area contributed by atoms with Crippen LogP contribution in [0.4, 0.5) is 5.69 Å². The predicted molar refractivity (Wildman–Crippen MR) is 94.2 cm³/mol. The fourth-order valence-electron chi connectivity index (χ4n) is 2.06. The second-order valence-corrected chi connectivity index (χ2v) is 7.70. The molecule has 0 spiro atoms. The third kappa shape index (κ3) is 3.50. The van der Waals surface area contributed by atoms with Crippen molar-refractivity contribution in [3.8, 4) is 16.2 Å². The zero-order valence-corrected chi connectivity index (χ0v) is 14.8. The minimum absolute atomic E-state index is 0.0410. The number of hydrogen-bond acceptors (Lipinski definition) is 6. The maximum Gasteiger partial charge on any atom is 0.265 e. The Morgan fingerprint density at radius 1 is 1.17 bits per heavy atom. The van der Waals surface area contributed by atoms with E-state index in [0.29, 0.717) is 10.7 Å². The molecular formula is C15H12ClN3O3S2. The molecule has 2 aromatic heterocycles. The molecule has 1 aromatic carbocycles. The SMILES string of the molecule is COc1ccc(Cl)cc1S(=O)(=O)Nc1cncc(-c2cncs2)c1. The Balaban J connectivity index is 1.96. The molecule has 0 aliphatic heterocycles. The van der Waals surface area contributed by atoms with Gasteiger partial charge in [0.25, 0.3) is 10.0 Å². The summed E-state index contributed by atoms with van der Waals surface area (Å²) in [6, 6.07) is 6.09. The molecule has 0 unspecified atom stereocenters. The number of nitrogens with one attached hydrogen (secondary N) is 1. The summed E-state index contributed by atoms with van der Waals surface area (Å²) in [5.74, 6) is 0.207. The zero-order valence-electron chi connectivity index (χ0n) is 12.4. The van der Waals surface area contributed by atoms with Crippen LogP contribution in [-0.2, 0) is 10.0 Å². The number of rotatable bonds is 5. The van der Waals surface area contributed by atoms with Crippen molar-refractivity contribution in [2.45, 2.75) is 4.90 Å². The lowest BCUT2D eigenvalue weighted by Crippen LogP contribution is -2.14. The van der Waals surface area contributed by atoms with Crippen LogP contribution in [0.3, 0.4) is 0 Å². The molecule has 0 bridgehead atoms. The molecule has 0 aliphatic rings. The van der Waals surface area contributed by atoms with Crippen molar-refractivity contribution in [3.63, 3.8) is 0 Å². The van der Waals surface area contributed by atoms with Crippen molar-refractivity contribution in [1.82, 2.24) is 9.97 Å². The van der Waals surface area contributed by atoms with Crippen LogP contribution in [0.15, 0.2) is 53.3 Å². The summed E-state index contributed by atoms with van der Waals surface area (Å²) in [5.41, 5.74) is 2.81. The van der Waals surface area contributed by atoms with Gasteiger partial charge in [-0.3, -0.25) is 14.7 Å². The lowest BCUT2D eigenvalue weighted by Gasteiger charge is -2.12. The third-order valence-corrected chi connectivity index (χ3v) is 5.58. The molecule has 1 N–H and O–H groups in total. The van der Waals surface area contributed by atoms with Crippen LogP contribution < -0.4 is 9.46 Å². The molecule has 0 aliphatic carbocycles. The van der Waals surface area contributed by atoms with Crippen LogP contribution in [0, 0.1) is 0 Å². The molecule has 124 valence electrons. The Hall–Kier alpha value is -2.16. The van der Waals surface area contributed by atoms with Gasteiger partial charge in [-0.05, 0) is 24.3 Å². The number of nitrogens with zero attached hydrogens (tertiary/aromatic N) is 2. The maximum absolute atomic E-state index is 12.6. The molecule has 6 nitrogen and oxygen atoms in total. The average Bonchev–Trinajstić information content (AvgIpc) is 3.09. The zero-order chi connectivity index (χ0) is 17.2.